The van der Waals surface area contributed by atoms with Gasteiger partial charge in [0, 0.05) is 57.6 Å². The molecule has 162 valence electrons. The molecule has 3 rings (SSSR count). The second-order valence-electron chi connectivity index (χ2n) is 7.35. The van der Waals surface area contributed by atoms with Crippen LogP contribution >= 0.6 is 0 Å². The first-order valence-corrected chi connectivity index (χ1v) is 11.0. The Balaban J connectivity index is 1.78. The van der Waals surface area contributed by atoms with Crippen molar-refractivity contribution < 1.29 is 17.9 Å². The summed E-state index contributed by atoms with van der Waals surface area (Å²) in [4.78, 5) is 25.7. The Morgan fingerprint density at radius 1 is 1.07 bits per heavy atom. The van der Waals surface area contributed by atoms with Crippen molar-refractivity contribution in [3.8, 4) is 5.75 Å². The normalized spacial score (nSPS) is 14.9. The van der Waals surface area contributed by atoms with Crippen molar-refractivity contribution in [2.75, 3.05) is 52.3 Å². The van der Waals surface area contributed by atoms with E-state index < -0.39 is 10.0 Å². The van der Waals surface area contributed by atoms with Crippen LogP contribution < -0.4 is 9.64 Å². The minimum absolute atomic E-state index is 0.0218. The van der Waals surface area contributed by atoms with Crippen molar-refractivity contribution in [1.82, 2.24) is 19.2 Å². The fourth-order valence-corrected chi connectivity index (χ4v) is 4.46. The summed E-state index contributed by atoms with van der Waals surface area (Å²) in [6, 6.07) is 6.44. The van der Waals surface area contributed by atoms with Gasteiger partial charge in [0.05, 0.1) is 7.11 Å². The second-order valence-corrected chi connectivity index (χ2v) is 9.47. The SMILES string of the molecule is COc1ccc(C(=O)N2CCN(c3cc(C)nc(C)n3)CC2)cc1S(=O)(=O)N(C)C. The van der Waals surface area contributed by atoms with Gasteiger partial charge in [0.1, 0.15) is 22.3 Å². The number of benzene rings is 1. The van der Waals surface area contributed by atoms with Gasteiger partial charge in [-0.05, 0) is 32.0 Å². The molecule has 0 N–H and O–H groups in total. The van der Waals surface area contributed by atoms with E-state index in [9.17, 15) is 13.2 Å². The van der Waals surface area contributed by atoms with E-state index in [0.717, 1.165) is 21.6 Å². The first kappa shape index (κ1) is 22.0. The molecule has 1 amide bonds. The monoisotopic (exact) mass is 433 g/mol. The maximum atomic E-state index is 13.0. The summed E-state index contributed by atoms with van der Waals surface area (Å²) >= 11 is 0. The summed E-state index contributed by atoms with van der Waals surface area (Å²) in [7, 11) is 0.547. The molecular formula is C20H27N5O4S. The smallest absolute Gasteiger partial charge is 0.254 e. The van der Waals surface area contributed by atoms with Crippen LogP contribution in [0.4, 0.5) is 5.82 Å². The van der Waals surface area contributed by atoms with Gasteiger partial charge in [-0.2, -0.15) is 0 Å². The van der Waals surface area contributed by atoms with Crippen LogP contribution in [-0.4, -0.2) is 80.9 Å². The van der Waals surface area contributed by atoms with E-state index in [1.165, 1.54) is 33.3 Å². The van der Waals surface area contributed by atoms with Crippen molar-refractivity contribution in [3.05, 3.63) is 41.3 Å². The molecule has 1 aliphatic heterocycles. The summed E-state index contributed by atoms with van der Waals surface area (Å²) in [5.41, 5.74) is 1.22. The molecule has 1 fully saturated rings. The second kappa shape index (κ2) is 8.57. The highest BCUT2D eigenvalue weighted by Gasteiger charge is 2.27. The van der Waals surface area contributed by atoms with E-state index >= 15 is 0 Å². The van der Waals surface area contributed by atoms with E-state index in [0.29, 0.717) is 31.7 Å². The number of carbonyl (C=O) groups is 1. The molecule has 0 bridgehead atoms. The van der Waals surface area contributed by atoms with Crippen LogP contribution in [0.2, 0.25) is 0 Å². The van der Waals surface area contributed by atoms with Gasteiger partial charge in [-0.1, -0.05) is 0 Å². The molecule has 0 unspecified atom stereocenters. The average Bonchev–Trinajstić information content (AvgIpc) is 2.72. The first-order valence-electron chi connectivity index (χ1n) is 9.60. The molecule has 2 heterocycles. The van der Waals surface area contributed by atoms with Gasteiger partial charge in [0.15, 0.2) is 0 Å². The predicted molar refractivity (Wildman–Crippen MR) is 113 cm³/mol. The molecule has 2 aromatic rings. The molecule has 1 aromatic carbocycles. The van der Waals surface area contributed by atoms with Gasteiger partial charge in [-0.15, -0.1) is 0 Å². The van der Waals surface area contributed by atoms with Crippen molar-refractivity contribution in [3.63, 3.8) is 0 Å². The summed E-state index contributed by atoms with van der Waals surface area (Å²) in [6.45, 7) is 6.10. The van der Waals surface area contributed by atoms with Crippen LogP contribution in [0, 0.1) is 13.8 Å². The minimum atomic E-state index is -3.74. The number of nitrogens with zero attached hydrogens (tertiary/aromatic N) is 5. The van der Waals surface area contributed by atoms with Crippen molar-refractivity contribution in [2.24, 2.45) is 0 Å². The number of piperazine rings is 1. The van der Waals surface area contributed by atoms with Gasteiger partial charge in [0.25, 0.3) is 5.91 Å². The molecule has 1 saturated heterocycles. The number of sulfonamides is 1. The fraction of sp³-hybridized carbons (Fsp3) is 0.450. The lowest BCUT2D eigenvalue weighted by molar-refractivity contribution is 0.0746. The maximum absolute atomic E-state index is 13.0. The first-order chi connectivity index (χ1) is 14.1. The Kier molecular flexibility index (Phi) is 6.27. The van der Waals surface area contributed by atoms with Crippen LogP contribution in [0.5, 0.6) is 5.75 Å². The number of hydrogen-bond acceptors (Lipinski definition) is 7. The molecule has 0 spiro atoms. The van der Waals surface area contributed by atoms with Crippen LogP contribution in [0.15, 0.2) is 29.2 Å². The number of carbonyl (C=O) groups excluding carboxylic acids is 1. The Bertz CT molecular complexity index is 1030. The zero-order valence-electron chi connectivity index (χ0n) is 17.9. The Labute approximate surface area is 177 Å². The number of anilines is 1. The Morgan fingerprint density at radius 2 is 1.73 bits per heavy atom. The zero-order valence-corrected chi connectivity index (χ0v) is 18.7. The number of hydrogen-bond donors (Lipinski definition) is 0. The lowest BCUT2D eigenvalue weighted by atomic mass is 10.1. The fourth-order valence-electron chi connectivity index (χ4n) is 3.39. The maximum Gasteiger partial charge on any atom is 0.254 e. The van der Waals surface area contributed by atoms with Gasteiger partial charge >= 0.3 is 0 Å². The molecule has 1 aromatic heterocycles. The highest BCUT2D eigenvalue weighted by atomic mass is 32.2. The number of rotatable bonds is 5. The quantitative estimate of drug-likeness (QED) is 0.702. The van der Waals surface area contributed by atoms with Gasteiger partial charge in [-0.3, -0.25) is 4.79 Å². The molecule has 0 atom stereocenters. The van der Waals surface area contributed by atoms with Crippen molar-refractivity contribution in [2.45, 2.75) is 18.7 Å². The third-order valence-corrected chi connectivity index (χ3v) is 6.85. The Hall–Kier alpha value is -2.72. The van der Waals surface area contributed by atoms with E-state index in [2.05, 4.69) is 14.9 Å². The van der Waals surface area contributed by atoms with Crippen molar-refractivity contribution in [1.29, 1.82) is 0 Å². The number of amides is 1. The van der Waals surface area contributed by atoms with Crippen LogP contribution in [0.3, 0.4) is 0 Å². The highest BCUT2D eigenvalue weighted by Crippen LogP contribution is 2.27. The van der Waals surface area contributed by atoms with E-state index in [1.54, 1.807) is 11.0 Å². The molecule has 9 nitrogen and oxygen atoms in total. The number of methoxy groups -OCH3 is 1. The van der Waals surface area contributed by atoms with Gasteiger partial charge < -0.3 is 14.5 Å². The largest absolute Gasteiger partial charge is 0.495 e. The molecule has 0 aliphatic carbocycles. The van der Waals surface area contributed by atoms with Gasteiger partial charge in [-0.25, -0.2) is 22.7 Å². The van der Waals surface area contributed by atoms with Crippen molar-refractivity contribution >= 4 is 21.7 Å². The lowest BCUT2D eigenvalue weighted by Crippen LogP contribution is -2.49. The summed E-state index contributed by atoms with van der Waals surface area (Å²) < 4.78 is 31.5. The predicted octanol–water partition coefficient (Wildman–Crippen LogP) is 1.31. The summed E-state index contributed by atoms with van der Waals surface area (Å²) in [5.74, 6) is 1.58. The van der Waals surface area contributed by atoms with Crippen LogP contribution in [0.1, 0.15) is 21.9 Å². The van der Waals surface area contributed by atoms with Gasteiger partial charge in [0.2, 0.25) is 10.0 Å². The number of ether oxygens (including phenoxy) is 1. The average molecular weight is 434 g/mol. The van der Waals surface area contributed by atoms with E-state index in [4.69, 9.17) is 4.74 Å². The van der Waals surface area contributed by atoms with Crippen LogP contribution in [-0.2, 0) is 10.0 Å². The van der Waals surface area contributed by atoms with Crippen LogP contribution in [0.25, 0.3) is 0 Å². The molecule has 10 heteroatoms. The number of aromatic nitrogens is 2. The van der Waals surface area contributed by atoms with E-state index in [1.807, 2.05) is 19.9 Å². The minimum Gasteiger partial charge on any atom is -0.495 e. The molecule has 0 radical (unpaired) electrons. The molecular weight excluding hydrogens is 406 g/mol. The molecule has 30 heavy (non-hydrogen) atoms. The third kappa shape index (κ3) is 4.39. The zero-order chi connectivity index (χ0) is 22.1. The molecule has 0 saturated carbocycles. The topological polar surface area (TPSA) is 95.9 Å². The third-order valence-electron chi connectivity index (χ3n) is 5.01. The summed E-state index contributed by atoms with van der Waals surface area (Å²) in [6.07, 6.45) is 0. The number of aryl methyl sites for hydroxylation is 2. The molecule has 1 aliphatic rings. The van der Waals surface area contributed by atoms with E-state index in [-0.39, 0.29) is 16.6 Å². The standard InChI is InChI=1S/C20H27N5O4S/c1-14-12-19(22-15(2)21-14)24-8-10-25(11-9-24)20(26)16-6-7-17(29-5)18(13-16)30(27,28)23(3)4/h6-7,12-13H,8-11H2,1-5H3. The highest BCUT2D eigenvalue weighted by molar-refractivity contribution is 7.89. The Morgan fingerprint density at radius 3 is 2.30 bits per heavy atom. The summed E-state index contributed by atoms with van der Waals surface area (Å²) in [5, 5.41) is 0. The lowest BCUT2D eigenvalue weighted by Gasteiger charge is -2.35.